The maximum Gasteiger partial charge on any atom is 0.323 e. The summed E-state index contributed by atoms with van der Waals surface area (Å²) in [4.78, 5) is 26.7. The molecule has 0 aromatic carbocycles. The van der Waals surface area contributed by atoms with Crippen LogP contribution >= 0.6 is 0 Å². The second-order valence-electron chi connectivity index (χ2n) is 6.22. The van der Waals surface area contributed by atoms with E-state index in [9.17, 15) is 9.59 Å². The number of carboxylic acids is 1. The first-order valence-corrected chi connectivity index (χ1v) is 8.08. The predicted octanol–water partition coefficient (Wildman–Crippen LogP) is 1.51. The van der Waals surface area contributed by atoms with Crippen LogP contribution in [0.2, 0.25) is 0 Å². The molecule has 1 heterocycles. The molecule has 1 aliphatic heterocycles. The number of amides is 2. The molecule has 2 amide bonds. The Balaban J connectivity index is 1.64. The third-order valence-corrected chi connectivity index (χ3v) is 4.39. The van der Waals surface area contributed by atoms with Gasteiger partial charge in [-0.2, -0.15) is 0 Å². The van der Waals surface area contributed by atoms with Crippen molar-refractivity contribution in [1.82, 2.24) is 15.1 Å². The van der Waals surface area contributed by atoms with Crippen molar-refractivity contribution in [3.63, 3.8) is 0 Å². The number of hydrogen-bond donors (Lipinski definition) is 2. The molecule has 1 atom stereocenters. The summed E-state index contributed by atoms with van der Waals surface area (Å²) in [5.74, 6) is -0.945. The van der Waals surface area contributed by atoms with Crippen molar-refractivity contribution in [2.45, 2.75) is 57.5 Å². The Kier molecular flexibility index (Phi) is 5.85. The van der Waals surface area contributed by atoms with Gasteiger partial charge in [-0.3, -0.25) is 4.79 Å². The van der Waals surface area contributed by atoms with E-state index >= 15 is 0 Å². The number of hydrogen-bond acceptors (Lipinski definition) is 3. The van der Waals surface area contributed by atoms with E-state index in [1.165, 1.54) is 24.2 Å². The third kappa shape index (κ3) is 5.19. The Morgan fingerprint density at radius 3 is 2.67 bits per heavy atom. The SMILES string of the molecule is CC1CCCCN1CCCNC(=O)N(CC(=O)O)C1CC1. The quantitative estimate of drug-likeness (QED) is 0.699. The van der Waals surface area contributed by atoms with E-state index in [1.54, 1.807) is 0 Å². The Bertz CT molecular complexity index is 371. The fourth-order valence-electron chi connectivity index (χ4n) is 2.97. The number of carbonyl (C=O) groups is 2. The lowest BCUT2D eigenvalue weighted by Crippen LogP contribution is -2.45. The molecule has 2 fully saturated rings. The van der Waals surface area contributed by atoms with Crippen LogP contribution in [0, 0.1) is 0 Å². The highest BCUT2D eigenvalue weighted by Gasteiger charge is 2.33. The van der Waals surface area contributed by atoms with Gasteiger partial charge in [-0.25, -0.2) is 4.79 Å². The minimum absolute atomic E-state index is 0.128. The summed E-state index contributed by atoms with van der Waals surface area (Å²) in [5, 5.41) is 11.7. The predicted molar refractivity (Wildman–Crippen MR) is 80.3 cm³/mol. The molecule has 1 unspecified atom stereocenters. The van der Waals surface area contributed by atoms with Crippen LogP contribution in [-0.4, -0.2) is 65.2 Å². The molecule has 21 heavy (non-hydrogen) atoms. The van der Waals surface area contributed by atoms with Crippen molar-refractivity contribution in [2.24, 2.45) is 0 Å². The molecule has 0 aromatic heterocycles. The number of piperidine rings is 1. The first kappa shape index (κ1) is 16.1. The zero-order valence-electron chi connectivity index (χ0n) is 12.9. The molecule has 2 rings (SSSR count). The van der Waals surface area contributed by atoms with E-state index in [2.05, 4.69) is 17.1 Å². The number of urea groups is 1. The van der Waals surface area contributed by atoms with Gasteiger partial charge in [0, 0.05) is 25.2 Å². The minimum Gasteiger partial charge on any atom is -0.480 e. The summed E-state index contributed by atoms with van der Waals surface area (Å²) >= 11 is 0. The van der Waals surface area contributed by atoms with Gasteiger partial charge >= 0.3 is 12.0 Å². The standard InChI is InChI=1S/C15H27N3O3/c1-12-5-2-3-9-17(12)10-4-8-16-15(21)18(11-14(19)20)13-6-7-13/h12-13H,2-11H2,1H3,(H,16,21)(H,19,20). The van der Waals surface area contributed by atoms with Gasteiger partial charge < -0.3 is 20.2 Å². The van der Waals surface area contributed by atoms with Gasteiger partial charge in [-0.1, -0.05) is 6.42 Å². The second-order valence-corrected chi connectivity index (χ2v) is 6.22. The molecule has 0 aromatic rings. The Morgan fingerprint density at radius 1 is 1.29 bits per heavy atom. The van der Waals surface area contributed by atoms with Crippen LogP contribution < -0.4 is 5.32 Å². The molecule has 6 nitrogen and oxygen atoms in total. The van der Waals surface area contributed by atoms with E-state index in [4.69, 9.17) is 5.11 Å². The molecule has 1 saturated heterocycles. The van der Waals surface area contributed by atoms with Crippen molar-refractivity contribution in [3.8, 4) is 0 Å². The molecule has 1 saturated carbocycles. The van der Waals surface area contributed by atoms with Crippen LogP contribution in [0.25, 0.3) is 0 Å². The zero-order valence-corrected chi connectivity index (χ0v) is 12.9. The first-order chi connectivity index (χ1) is 10.1. The van der Waals surface area contributed by atoms with Crippen LogP contribution in [0.5, 0.6) is 0 Å². The molecule has 2 aliphatic rings. The van der Waals surface area contributed by atoms with E-state index in [0.29, 0.717) is 12.6 Å². The van der Waals surface area contributed by atoms with E-state index in [-0.39, 0.29) is 18.6 Å². The van der Waals surface area contributed by atoms with Crippen molar-refractivity contribution in [1.29, 1.82) is 0 Å². The van der Waals surface area contributed by atoms with Crippen molar-refractivity contribution in [3.05, 3.63) is 0 Å². The lowest BCUT2D eigenvalue weighted by molar-refractivity contribution is -0.137. The first-order valence-electron chi connectivity index (χ1n) is 8.08. The van der Waals surface area contributed by atoms with Gasteiger partial charge in [0.2, 0.25) is 0 Å². The number of rotatable bonds is 7. The van der Waals surface area contributed by atoms with Crippen LogP contribution in [-0.2, 0) is 4.79 Å². The highest BCUT2D eigenvalue weighted by Crippen LogP contribution is 2.26. The number of carboxylic acid groups (broad SMARTS) is 1. The molecular weight excluding hydrogens is 270 g/mol. The monoisotopic (exact) mass is 297 g/mol. The molecule has 120 valence electrons. The highest BCUT2D eigenvalue weighted by atomic mass is 16.4. The Hall–Kier alpha value is -1.30. The maximum absolute atomic E-state index is 12.0. The minimum atomic E-state index is -0.945. The molecule has 2 N–H and O–H groups in total. The molecule has 0 radical (unpaired) electrons. The fraction of sp³-hybridized carbons (Fsp3) is 0.867. The van der Waals surface area contributed by atoms with E-state index in [0.717, 1.165) is 32.4 Å². The van der Waals surface area contributed by atoms with Crippen molar-refractivity contribution >= 4 is 12.0 Å². The van der Waals surface area contributed by atoms with Crippen LogP contribution in [0.4, 0.5) is 4.79 Å². The summed E-state index contributed by atoms with van der Waals surface area (Å²) in [6.45, 7) is 4.84. The van der Waals surface area contributed by atoms with E-state index in [1.807, 2.05) is 0 Å². The summed E-state index contributed by atoms with van der Waals surface area (Å²) in [5.41, 5.74) is 0. The number of nitrogens with zero attached hydrogens (tertiary/aromatic N) is 2. The summed E-state index contributed by atoms with van der Waals surface area (Å²) < 4.78 is 0. The lowest BCUT2D eigenvalue weighted by atomic mass is 10.0. The van der Waals surface area contributed by atoms with Gasteiger partial charge in [0.25, 0.3) is 0 Å². The fourth-order valence-corrected chi connectivity index (χ4v) is 2.97. The topological polar surface area (TPSA) is 72.9 Å². The number of likely N-dealkylation sites (tertiary alicyclic amines) is 1. The number of carbonyl (C=O) groups excluding carboxylic acids is 1. The van der Waals surface area contributed by atoms with Gasteiger partial charge in [-0.05, 0) is 45.6 Å². The zero-order chi connectivity index (χ0) is 15.2. The largest absolute Gasteiger partial charge is 0.480 e. The van der Waals surface area contributed by atoms with Gasteiger partial charge in [0.1, 0.15) is 6.54 Å². The molecule has 0 spiro atoms. The summed E-state index contributed by atoms with van der Waals surface area (Å²) in [7, 11) is 0. The van der Waals surface area contributed by atoms with Gasteiger partial charge in [0.05, 0.1) is 0 Å². The molecule has 1 aliphatic carbocycles. The Morgan fingerprint density at radius 2 is 2.05 bits per heavy atom. The lowest BCUT2D eigenvalue weighted by Gasteiger charge is -2.33. The average Bonchev–Trinajstić information content (AvgIpc) is 3.27. The third-order valence-electron chi connectivity index (χ3n) is 4.39. The highest BCUT2D eigenvalue weighted by molar-refractivity contribution is 5.80. The molecular formula is C15H27N3O3. The smallest absolute Gasteiger partial charge is 0.323 e. The maximum atomic E-state index is 12.0. The number of nitrogens with one attached hydrogen (secondary N) is 1. The van der Waals surface area contributed by atoms with Crippen LogP contribution in [0.15, 0.2) is 0 Å². The molecule has 0 bridgehead atoms. The normalized spacial score (nSPS) is 22.8. The molecule has 6 heteroatoms. The summed E-state index contributed by atoms with van der Waals surface area (Å²) in [6, 6.07) is 0.541. The van der Waals surface area contributed by atoms with Crippen LogP contribution in [0.3, 0.4) is 0 Å². The van der Waals surface area contributed by atoms with Crippen molar-refractivity contribution < 1.29 is 14.7 Å². The van der Waals surface area contributed by atoms with E-state index < -0.39 is 5.97 Å². The second kappa shape index (κ2) is 7.64. The average molecular weight is 297 g/mol. The van der Waals surface area contributed by atoms with Gasteiger partial charge in [-0.15, -0.1) is 0 Å². The van der Waals surface area contributed by atoms with Gasteiger partial charge in [0.15, 0.2) is 0 Å². The van der Waals surface area contributed by atoms with Crippen LogP contribution in [0.1, 0.15) is 45.4 Å². The Labute approximate surface area is 126 Å². The number of aliphatic carboxylic acids is 1. The summed E-state index contributed by atoms with van der Waals surface area (Å²) in [6.07, 6.45) is 6.62. The van der Waals surface area contributed by atoms with Crippen molar-refractivity contribution in [2.75, 3.05) is 26.2 Å².